The Morgan fingerprint density at radius 1 is 1.21 bits per heavy atom. The van der Waals surface area contributed by atoms with Gasteiger partial charge in [0.25, 0.3) is 0 Å². The molecule has 0 bridgehead atoms. The van der Waals surface area contributed by atoms with Crippen LogP contribution in [0.15, 0.2) is 30.5 Å². The van der Waals surface area contributed by atoms with E-state index in [-0.39, 0.29) is 11.7 Å². The number of hydrogen-bond acceptors (Lipinski definition) is 6. The maximum Gasteiger partial charge on any atom is 0.229 e. The van der Waals surface area contributed by atoms with E-state index < -0.39 is 5.82 Å². The van der Waals surface area contributed by atoms with E-state index in [2.05, 4.69) is 25.5 Å². The molecule has 0 radical (unpaired) electrons. The van der Waals surface area contributed by atoms with Crippen LogP contribution in [0.25, 0.3) is 0 Å². The number of anilines is 4. The molecule has 8 heteroatoms. The van der Waals surface area contributed by atoms with Gasteiger partial charge in [-0.1, -0.05) is 6.07 Å². The van der Waals surface area contributed by atoms with Crippen molar-refractivity contribution in [2.24, 2.45) is 0 Å². The van der Waals surface area contributed by atoms with Gasteiger partial charge in [-0.15, -0.1) is 0 Å². The summed E-state index contributed by atoms with van der Waals surface area (Å²) in [5.74, 6) is 0.296. The number of aromatic nitrogens is 2. The second-order valence-corrected chi connectivity index (χ2v) is 7.33. The van der Waals surface area contributed by atoms with Crippen LogP contribution in [-0.4, -0.2) is 53.0 Å². The Morgan fingerprint density at radius 2 is 2.00 bits per heavy atom. The summed E-state index contributed by atoms with van der Waals surface area (Å²) in [7, 11) is 0. The lowest BCUT2D eigenvalue weighted by Crippen LogP contribution is -2.48. The third-order valence-corrected chi connectivity index (χ3v) is 5.38. The first-order valence-corrected chi connectivity index (χ1v) is 9.75. The molecule has 1 saturated heterocycles. The van der Waals surface area contributed by atoms with Crippen LogP contribution in [0, 0.1) is 5.82 Å². The fourth-order valence-corrected chi connectivity index (χ4v) is 3.46. The molecular formula is C20H25FN6O. The van der Waals surface area contributed by atoms with Crippen molar-refractivity contribution in [1.29, 1.82) is 0 Å². The van der Waals surface area contributed by atoms with Gasteiger partial charge in [-0.25, -0.2) is 9.37 Å². The third-order valence-electron chi connectivity index (χ3n) is 5.38. The average Bonchev–Trinajstić information content (AvgIpc) is 2.67. The highest BCUT2D eigenvalue weighted by Crippen LogP contribution is 2.26. The zero-order valence-electron chi connectivity index (χ0n) is 16.0. The van der Waals surface area contributed by atoms with Gasteiger partial charge in [0.2, 0.25) is 11.9 Å². The van der Waals surface area contributed by atoms with Crippen LogP contribution in [-0.2, 0) is 4.79 Å². The zero-order chi connectivity index (χ0) is 19.5. The van der Waals surface area contributed by atoms with Crippen molar-refractivity contribution in [2.45, 2.75) is 32.2 Å². The van der Waals surface area contributed by atoms with Gasteiger partial charge in [-0.3, -0.25) is 4.79 Å². The predicted octanol–water partition coefficient (Wildman–Crippen LogP) is 2.99. The van der Waals surface area contributed by atoms with Gasteiger partial charge in [0.15, 0.2) is 11.6 Å². The molecule has 1 aromatic heterocycles. The van der Waals surface area contributed by atoms with E-state index in [1.54, 1.807) is 6.92 Å². The van der Waals surface area contributed by atoms with Crippen LogP contribution >= 0.6 is 0 Å². The molecule has 2 N–H and O–H groups in total. The minimum atomic E-state index is -0.436. The molecule has 2 heterocycles. The van der Waals surface area contributed by atoms with Crippen molar-refractivity contribution in [3.05, 3.63) is 36.3 Å². The first-order valence-electron chi connectivity index (χ1n) is 9.75. The van der Waals surface area contributed by atoms with Crippen molar-refractivity contribution < 1.29 is 9.18 Å². The summed E-state index contributed by atoms with van der Waals surface area (Å²) < 4.78 is 14.0. The quantitative estimate of drug-likeness (QED) is 0.826. The Hall–Kier alpha value is -2.90. The summed E-state index contributed by atoms with van der Waals surface area (Å²) in [6.07, 6.45) is 4.46. The summed E-state index contributed by atoms with van der Waals surface area (Å²) in [5, 5.41) is 6.31. The number of nitrogens with zero attached hydrogens (tertiary/aromatic N) is 4. The van der Waals surface area contributed by atoms with E-state index in [4.69, 9.17) is 0 Å². The van der Waals surface area contributed by atoms with Crippen LogP contribution in [0.1, 0.15) is 26.2 Å². The number of rotatable bonds is 5. The van der Waals surface area contributed by atoms with E-state index in [9.17, 15) is 9.18 Å². The molecule has 2 aliphatic rings. The van der Waals surface area contributed by atoms with Crippen molar-refractivity contribution in [3.8, 4) is 0 Å². The van der Waals surface area contributed by atoms with Crippen LogP contribution < -0.4 is 15.5 Å². The summed E-state index contributed by atoms with van der Waals surface area (Å²) in [6, 6.07) is 8.26. The van der Waals surface area contributed by atoms with Crippen LogP contribution in [0.2, 0.25) is 0 Å². The predicted molar refractivity (Wildman–Crippen MR) is 107 cm³/mol. The van der Waals surface area contributed by atoms with Crippen molar-refractivity contribution in [2.75, 3.05) is 41.7 Å². The average molecular weight is 384 g/mol. The van der Waals surface area contributed by atoms with Gasteiger partial charge < -0.3 is 20.4 Å². The third kappa shape index (κ3) is 4.16. The first-order chi connectivity index (χ1) is 13.6. The minimum absolute atomic E-state index is 0.120. The van der Waals surface area contributed by atoms with E-state index in [0.29, 0.717) is 12.0 Å². The van der Waals surface area contributed by atoms with Gasteiger partial charge in [0.05, 0.1) is 6.20 Å². The Kier molecular flexibility index (Phi) is 5.27. The monoisotopic (exact) mass is 384 g/mol. The number of benzene rings is 1. The Bertz CT molecular complexity index is 848. The minimum Gasteiger partial charge on any atom is -0.368 e. The molecule has 1 saturated carbocycles. The number of carbonyl (C=O) groups is 1. The zero-order valence-corrected chi connectivity index (χ0v) is 16.0. The molecule has 1 aliphatic heterocycles. The Labute approximate surface area is 164 Å². The SMILES string of the molecule is CC(=O)N1CCN(c2cccc(Nc3ncc(F)c(NC4CCC4)n3)c2)CC1. The van der Waals surface area contributed by atoms with Crippen LogP contribution in [0.4, 0.5) is 27.5 Å². The van der Waals surface area contributed by atoms with Gasteiger partial charge >= 0.3 is 0 Å². The molecule has 1 aromatic carbocycles. The number of piperazine rings is 1. The summed E-state index contributed by atoms with van der Waals surface area (Å²) in [5.41, 5.74) is 1.91. The molecule has 7 nitrogen and oxygen atoms in total. The molecule has 4 rings (SSSR count). The maximum atomic E-state index is 14.0. The second-order valence-electron chi connectivity index (χ2n) is 7.33. The fourth-order valence-electron chi connectivity index (χ4n) is 3.46. The van der Waals surface area contributed by atoms with E-state index in [1.807, 2.05) is 29.2 Å². The van der Waals surface area contributed by atoms with E-state index in [1.165, 1.54) is 12.6 Å². The molecule has 1 aliphatic carbocycles. The van der Waals surface area contributed by atoms with Gasteiger partial charge in [-0.05, 0) is 37.5 Å². The highest BCUT2D eigenvalue weighted by molar-refractivity contribution is 5.73. The Balaban J connectivity index is 1.43. The smallest absolute Gasteiger partial charge is 0.229 e. The van der Waals surface area contributed by atoms with Gasteiger partial charge in [-0.2, -0.15) is 4.98 Å². The number of carbonyl (C=O) groups excluding carboxylic acids is 1. The van der Waals surface area contributed by atoms with Crippen molar-refractivity contribution in [3.63, 3.8) is 0 Å². The molecule has 2 fully saturated rings. The molecule has 0 spiro atoms. The fraction of sp³-hybridized carbons (Fsp3) is 0.450. The van der Waals surface area contributed by atoms with Crippen molar-refractivity contribution >= 4 is 29.0 Å². The van der Waals surface area contributed by atoms with Crippen LogP contribution in [0.3, 0.4) is 0 Å². The highest BCUT2D eigenvalue weighted by Gasteiger charge is 2.20. The normalized spacial score (nSPS) is 17.2. The van der Waals surface area contributed by atoms with Crippen LogP contribution in [0.5, 0.6) is 0 Å². The molecular weight excluding hydrogens is 359 g/mol. The summed E-state index contributed by atoms with van der Waals surface area (Å²) in [6.45, 7) is 4.66. The summed E-state index contributed by atoms with van der Waals surface area (Å²) >= 11 is 0. The second kappa shape index (κ2) is 8.00. The lowest BCUT2D eigenvalue weighted by molar-refractivity contribution is -0.129. The number of nitrogens with one attached hydrogen (secondary N) is 2. The molecule has 2 aromatic rings. The molecule has 0 unspecified atom stereocenters. The molecule has 1 amide bonds. The largest absolute Gasteiger partial charge is 0.368 e. The lowest BCUT2D eigenvalue weighted by atomic mass is 9.93. The van der Waals surface area contributed by atoms with Gasteiger partial charge in [0, 0.05) is 50.5 Å². The standard InChI is InChI=1S/C20H25FN6O/c1-14(28)26-8-10-27(11-9-26)17-7-3-6-16(12-17)24-20-22-13-18(21)19(25-20)23-15-4-2-5-15/h3,6-7,12-13,15H,2,4-5,8-11H2,1H3,(H2,22,23,24,25). The topological polar surface area (TPSA) is 73.4 Å². The summed E-state index contributed by atoms with van der Waals surface area (Å²) in [4.78, 5) is 24.0. The maximum absolute atomic E-state index is 14.0. The molecule has 0 atom stereocenters. The lowest BCUT2D eigenvalue weighted by Gasteiger charge is -2.35. The van der Waals surface area contributed by atoms with E-state index in [0.717, 1.165) is 50.4 Å². The van der Waals surface area contributed by atoms with Crippen molar-refractivity contribution in [1.82, 2.24) is 14.9 Å². The van der Waals surface area contributed by atoms with E-state index >= 15 is 0 Å². The molecule has 28 heavy (non-hydrogen) atoms. The van der Waals surface area contributed by atoms with Gasteiger partial charge in [0.1, 0.15) is 0 Å². The molecule has 148 valence electrons. The Morgan fingerprint density at radius 3 is 2.68 bits per heavy atom. The number of hydrogen-bond donors (Lipinski definition) is 2. The number of halogens is 1. The number of amides is 1. The highest BCUT2D eigenvalue weighted by atomic mass is 19.1. The first kappa shape index (κ1) is 18.5.